The van der Waals surface area contributed by atoms with Crippen LogP contribution in [-0.2, 0) is 6.42 Å². The van der Waals surface area contributed by atoms with E-state index in [9.17, 15) is 0 Å². The van der Waals surface area contributed by atoms with E-state index in [0.717, 1.165) is 0 Å². The standard InChI is InChI=1S/C17H14S/c1-3-7-14-12(5-1)9-10-15(14)17-11-13-6-2-4-8-16(13)18-17/h1-8,11,15H,9-10H2. The molecule has 0 saturated carbocycles. The molecule has 0 fully saturated rings. The van der Waals surface area contributed by atoms with Gasteiger partial charge in [-0.15, -0.1) is 11.3 Å². The molecule has 0 bridgehead atoms. The Kier molecular flexibility index (Phi) is 2.27. The molecule has 0 saturated heterocycles. The smallest absolute Gasteiger partial charge is 0.0345 e. The number of rotatable bonds is 1. The summed E-state index contributed by atoms with van der Waals surface area (Å²) in [5.41, 5.74) is 3.09. The molecule has 1 aromatic heterocycles. The van der Waals surface area contributed by atoms with Crippen molar-refractivity contribution in [1.29, 1.82) is 0 Å². The number of aryl methyl sites for hydroxylation is 1. The highest BCUT2D eigenvalue weighted by Gasteiger charge is 2.24. The number of benzene rings is 2. The number of hydrogen-bond acceptors (Lipinski definition) is 1. The monoisotopic (exact) mass is 250 g/mol. The zero-order chi connectivity index (χ0) is 11.9. The molecular formula is C17H14S. The van der Waals surface area contributed by atoms with Gasteiger partial charge < -0.3 is 0 Å². The molecule has 3 aromatic rings. The summed E-state index contributed by atoms with van der Waals surface area (Å²) in [5.74, 6) is 0.624. The largest absolute Gasteiger partial charge is 0.140 e. The van der Waals surface area contributed by atoms with Gasteiger partial charge in [0.2, 0.25) is 0 Å². The van der Waals surface area contributed by atoms with E-state index in [1.807, 2.05) is 11.3 Å². The van der Waals surface area contributed by atoms with Crippen molar-refractivity contribution >= 4 is 21.4 Å². The lowest BCUT2D eigenvalue weighted by Crippen LogP contribution is -1.91. The van der Waals surface area contributed by atoms with Crippen molar-refractivity contribution in [3.05, 3.63) is 70.6 Å². The van der Waals surface area contributed by atoms with E-state index in [4.69, 9.17) is 0 Å². The zero-order valence-corrected chi connectivity index (χ0v) is 10.9. The number of fused-ring (bicyclic) bond motifs is 2. The average molecular weight is 250 g/mol. The first-order chi connectivity index (χ1) is 8.92. The maximum Gasteiger partial charge on any atom is 0.0345 e. The lowest BCUT2D eigenvalue weighted by Gasteiger charge is -2.08. The minimum Gasteiger partial charge on any atom is -0.140 e. The van der Waals surface area contributed by atoms with Crippen molar-refractivity contribution in [2.24, 2.45) is 0 Å². The predicted molar refractivity (Wildman–Crippen MR) is 78.4 cm³/mol. The molecule has 1 unspecified atom stereocenters. The molecule has 1 aliphatic rings. The van der Waals surface area contributed by atoms with Crippen LogP contribution in [0.25, 0.3) is 10.1 Å². The van der Waals surface area contributed by atoms with E-state index in [-0.39, 0.29) is 0 Å². The Bertz CT molecular complexity index is 675. The van der Waals surface area contributed by atoms with Crippen LogP contribution in [0.2, 0.25) is 0 Å². The van der Waals surface area contributed by atoms with Crippen molar-refractivity contribution < 1.29 is 0 Å². The van der Waals surface area contributed by atoms with Gasteiger partial charge in [0.05, 0.1) is 0 Å². The van der Waals surface area contributed by atoms with E-state index >= 15 is 0 Å². The third-order valence-electron chi connectivity index (χ3n) is 3.92. The highest BCUT2D eigenvalue weighted by Crippen LogP contribution is 2.42. The third-order valence-corrected chi connectivity index (χ3v) is 5.15. The second-order valence-electron chi connectivity index (χ2n) is 4.98. The van der Waals surface area contributed by atoms with Crippen LogP contribution in [-0.4, -0.2) is 0 Å². The van der Waals surface area contributed by atoms with Gasteiger partial charge in [-0.25, -0.2) is 0 Å². The molecule has 18 heavy (non-hydrogen) atoms. The van der Waals surface area contributed by atoms with Gasteiger partial charge in [-0.1, -0.05) is 42.5 Å². The predicted octanol–water partition coefficient (Wildman–Crippen LogP) is 4.98. The summed E-state index contributed by atoms with van der Waals surface area (Å²) in [6.45, 7) is 0. The normalized spacial score (nSPS) is 18.1. The Morgan fingerprint density at radius 2 is 1.78 bits per heavy atom. The zero-order valence-electron chi connectivity index (χ0n) is 10.1. The molecular weight excluding hydrogens is 236 g/mol. The van der Waals surface area contributed by atoms with Gasteiger partial charge >= 0.3 is 0 Å². The molecule has 0 radical (unpaired) electrons. The Morgan fingerprint density at radius 1 is 0.944 bits per heavy atom. The van der Waals surface area contributed by atoms with E-state index in [2.05, 4.69) is 54.6 Å². The first-order valence-electron chi connectivity index (χ1n) is 6.48. The molecule has 0 N–H and O–H groups in total. The van der Waals surface area contributed by atoms with Gasteiger partial charge in [0.25, 0.3) is 0 Å². The molecule has 1 atom stereocenters. The average Bonchev–Trinajstić information content (AvgIpc) is 3.02. The Morgan fingerprint density at radius 3 is 2.72 bits per heavy atom. The molecule has 1 aliphatic carbocycles. The lowest BCUT2D eigenvalue weighted by atomic mass is 9.99. The topological polar surface area (TPSA) is 0 Å². The van der Waals surface area contributed by atoms with Crippen molar-refractivity contribution in [1.82, 2.24) is 0 Å². The van der Waals surface area contributed by atoms with Crippen LogP contribution < -0.4 is 0 Å². The van der Waals surface area contributed by atoms with Crippen LogP contribution >= 0.6 is 11.3 Å². The van der Waals surface area contributed by atoms with E-state index in [0.29, 0.717) is 5.92 Å². The van der Waals surface area contributed by atoms with E-state index in [1.54, 1.807) is 11.1 Å². The summed E-state index contributed by atoms with van der Waals surface area (Å²) in [5, 5.41) is 1.39. The van der Waals surface area contributed by atoms with Gasteiger partial charge in [-0.3, -0.25) is 0 Å². The molecule has 4 rings (SSSR count). The minimum atomic E-state index is 0.624. The van der Waals surface area contributed by atoms with Crippen LogP contribution in [0, 0.1) is 0 Å². The molecule has 0 amide bonds. The highest BCUT2D eigenvalue weighted by atomic mass is 32.1. The van der Waals surface area contributed by atoms with Crippen molar-refractivity contribution in [3.8, 4) is 0 Å². The van der Waals surface area contributed by atoms with Crippen molar-refractivity contribution in [3.63, 3.8) is 0 Å². The van der Waals surface area contributed by atoms with Crippen molar-refractivity contribution in [2.45, 2.75) is 18.8 Å². The third kappa shape index (κ3) is 1.51. The quantitative estimate of drug-likeness (QED) is 0.571. The number of hydrogen-bond donors (Lipinski definition) is 0. The Hall–Kier alpha value is -1.60. The lowest BCUT2D eigenvalue weighted by molar-refractivity contribution is 0.803. The summed E-state index contributed by atoms with van der Waals surface area (Å²) in [6, 6.07) is 20.0. The van der Waals surface area contributed by atoms with E-state index in [1.165, 1.54) is 27.8 Å². The van der Waals surface area contributed by atoms with E-state index < -0.39 is 0 Å². The van der Waals surface area contributed by atoms with Gasteiger partial charge in [0, 0.05) is 15.5 Å². The molecule has 88 valence electrons. The maximum atomic E-state index is 2.38. The fourth-order valence-electron chi connectivity index (χ4n) is 3.03. The van der Waals surface area contributed by atoms with Crippen LogP contribution in [0.5, 0.6) is 0 Å². The first kappa shape index (κ1) is 10.3. The Balaban J connectivity index is 1.85. The van der Waals surface area contributed by atoms with Gasteiger partial charge in [0.15, 0.2) is 0 Å². The molecule has 0 spiro atoms. The molecule has 1 heterocycles. The van der Waals surface area contributed by atoms with Gasteiger partial charge in [-0.2, -0.15) is 0 Å². The summed E-state index contributed by atoms with van der Waals surface area (Å²) >= 11 is 1.96. The molecule has 0 nitrogen and oxygen atoms in total. The second-order valence-corrected chi connectivity index (χ2v) is 6.09. The van der Waals surface area contributed by atoms with Crippen LogP contribution in [0.15, 0.2) is 54.6 Å². The second kappa shape index (κ2) is 3.96. The SMILES string of the molecule is c1ccc2c(c1)CCC2c1cc2ccccc2s1. The van der Waals surface area contributed by atoms with Gasteiger partial charge in [0.1, 0.15) is 0 Å². The maximum absolute atomic E-state index is 2.38. The fourth-order valence-corrected chi connectivity index (χ4v) is 4.25. The molecule has 2 aromatic carbocycles. The highest BCUT2D eigenvalue weighted by molar-refractivity contribution is 7.19. The summed E-state index contributed by atoms with van der Waals surface area (Å²) in [7, 11) is 0. The van der Waals surface area contributed by atoms with Crippen LogP contribution in [0.4, 0.5) is 0 Å². The Labute approximate surface area is 111 Å². The summed E-state index contributed by atoms with van der Waals surface area (Å²) in [4.78, 5) is 1.53. The minimum absolute atomic E-state index is 0.624. The van der Waals surface area contributed by atoms with Crippen molar-refractivity contribution in [2.75, 3.05) is 0 Å². The molecule has 0 aliphatic heterocycles. The first-order valence-corrected chi connectivity index (χ1v) is 7.30. The van der Waals surface area contributed by atoms with Gasteiger partial charge in [-0.05, 0) is 41.5 Å². The fraction of sp³-hybridized carbons (Fsp3) is 0.176. The van der Waals surface area contributed by atoms with Crippen LogP contribution in [0.1, 0.15) is 28.3 Å². The number of thiophene rings is 1. The summed E-state index contributed by atoms with van der Waals surface area (Å²) < 4.78 is 1.41. The molecule has 1 heteroatoms. The van der Waals surface area contributed by atoms with Crippen LogP contribution in [0.3, 0.4) is 0 Å². The summed E-state index contributed by atoms with van der Waals surface area (Å²) in [6.07, 6.45) is 2.50.